The number of para-hydroxylation sites is 2. The molecule has 0 aliphatic carbocycles. The highest BCUT2D eigenvalue weighted by atomic mass is 16.5. The third kappa shape index (κ3) is 3.16. The predicted molar refractivity (Wildman–Crippen MR) is 87.1 cm³/mol. The molecule has 0 bridgehead atoms. The number of methoxy groups -OCH3 is 1. The third-order valence-corrected chi connectivity index (χ3v) is 4.52. The summed E-state index contributed by atoms with van der Waals surface area (Å²) in [6, 6.07) is 8.86. The van der Waals surface area contributed by atoms with Crippen LogP contribution in [0.5, 0.6) is 0 Å². The average molecular weight is 303 g/mol. The highest BCUT2D eigenvalue weighted by Gasteiger charge is 2.24. The Morgan fingerprint density at radius 3 is 2.77 bits per heavy atom. The number of ether oxygens (including phenoxy) is 1. The van der Waals surface area contributed by atoms with Gasteiger partial charge in [-0.05, 0) is 31.9 Å². The number of aliphatic hydroxyl groups is 1. The lowest BCUT2D eigenvalue weighted by molar-refractivity contribution is 0.0299. The molecule has 0 amide bonds. The quantitative estimate of drug-likeness (QED) is 0.918. The van der Waals surface area contributed by atoms with Crippen LogP contribution in [0.3, 0.4) is 0 Å². The summed E-state index contributed by atoms with van der Waals surface area (Å²) in [7, 11) is 1.63. The van der Waals surface area contributed by atoms with E-state index >= 15 is 0 Å². The van der Waals surface area contributed by atoms with Crippen LogP contribution in [0, 0.1) is 6.92 Å². The Morgan fingerprint density at radius 1 is 1.32 bits per heavy atom. The molecule has 1 aliphatic rings. The zero-order valence-corrected chi connectivity index (χ0v) is 13.4. The van der Waals surface area contributed by atoms with Crippen molar-refractivity contribution in [1.82, 2.24) is 14.5 Å². The van der Waals surface area contributed by atoms with Gasteiger partial charge in [-0.2, -0.15) is 0 Å². The average Bonchev–Trinajstić information content (AvgIpc) is 2.84. The summed E-state index contributed by atoms with van der Waals surface area (Å²) in [6.45, 7) is 5.22. The van der Waals surface area contributed by atoms with Gasteiger partial charge in [0.2, 0.25) is 0 Å². The van der Waals surface area contributed by atoms with E-state index in [1.807, 2.05) is 6.07 Å². The maximum atomic E-state index is 9.85. The molecule has 0 unspecified atom stereocenters. The van der Waals surface area contributed by atoms with Crippen LogP contribution in [0.25, 0.3) is 11.0 Å². The maximum absolute atomic E-state index is 9.85. The standard InChI is InChI=1S/C17H25N3O2/c1-13-18-16-5-3-4-6-17(16)20(13)14-7-9-19(10-8-14)11-15(21)12-22-2/h3-6,14-15,21H,7-12H2,1-2H3/t15-/m0/s1. The number of hydrogen-bond acceptors (Lipinski definition) is 4. The van der Waals surface area contributed by atoms with Gasteiger partial charge in [0.25, 0.3) is 0 Å². The highest BCUT2D eigenvalue weighted by molar-refractivity contribution is 5.76. The monoisotopic (exact) mass is 303 g/mol. The minimum atomic E-state index is -0.391. The minimum absolute atomic E-state index is 0.391. The number of imidazole rings is 1. The van der Waals surface area contributed by atoms with E-state index in [0.717, 1.165) is 37.3 Å². The molecule has 1 aromatic heterocycles. The number of β-amino-alcohol motifs (C(OH)–C–C–N with tert-alkyl or cyclic N) is 1. The SMILES string of the molecule is COC[C@@H](O)CN1CCC(n2c(C)nc3ccccc32)CC1. The normalized spacial score (nSPS) is 18.9. The Morgan fingerprint density at radius 2 is 2.05 bits per heavy atom. The van der Waals surface area contributed by atoms with Crippen LogP contribution in [-0.4, -0.2) is 59.0 Å². The number of nitrogens with zero attached hydrogens (tertiary/aromatic N) is 3. The summed E-state index contributed by atoms with van der Waals surface area (Å²) >= 11 is 0. The Labute approximate surface area is 131 Å². The molecule has 22 heavy (non-hydrogen) atoms. The number of benzene rings is 1. The molecular weight excluding hydrogens is 278 g/mol. The van der Waals surface area contributed by atoms with Crippen molar-refractivity contribution < 1.29 is 9.84 Å². The summed E-state index contributed by atoms with van der Waals surface area (Å²) in [5.74, 6) is 1.10. The predicted octanol–water partition coefficient (Wildman–Crippen LogP) is 1.99. The van der Waals surface area contributed by atoms with Crippen LogP contribution >= 0.6 is 0 Å². The molecular formula is C17H25N3O2. The van der Waals surface area contributed by atoms with Gasteiger partial charge in [0, 0.05) is 32.8 Å². The number of rotatable bonds is 5. The molecule has 2 aromatic rings. The van der Waals surface area contributed by atoms with Crippen molar-refractivity contribution in [2.75, 3.05) is 33.4 Å². The Hall–Kier alpha value is -1.43. The van der Waals surface area contributed by atoms with Gasteiger partial charge in [0.15, 0.2) is 0 Å². The number of fused-ring (bicyclic) bond motifs is 1. The maximum Gasteiger partial charge on any atom is 0.106 e. The summed E-state index contributed by atoms with van der Waals surface area (Å²) in [5.41, 5.74) is 2.32. The van der Waals surface area contributed by atoms with Gasteiger partial charge < -0.3 is 19.3 Å². The molecule has 3 rings (SSSR count). The second-order valence-electron chi connectivity index (χ2n) is 6.16. The third-order valence-electron chi connectivity index (χ3n) is 4.52. The van der Waals surface area contributed by atoms with Crippen LogP contribution in [0.2, 0.25) is 0 Å². The van der Waals surface area contributed by atoms with Crippen LogP contribution < -0.4 is 0 Å². The van der Waals surface area contributed by atoms with Crippen LogP contribution in [0.15, 0.2) is 24.3 Å². The summed E-state index contributed by atoms with van der Waals surface area (Å²) in [6.07, 6.45) is 1.80. The van der Waals surface area contributed by atoms with Crippen LogP contribution in [0.4, 0.5) is 0 Å². The Balaban J connectivity index is 1.67. The fraction of sp³-hybridized carbons (Fsp3) is 0.588. The van der Waals surface area contributed by atoms with Crippen molar-refractivity contribution in [3.05, 3.63) is 30.1 Å². The zero-order chi connectivity index (χ0) is 15.5. The van der Waals surface area contributed by atoms with Gasteiger partial charge in [-0.25, -0.2) is 4.98 Å². The van der Waals surface area contributed by atoms with E-state index in [1.165, 1.54) is 5.52 Å². The molecule has 5 heteroatoms. The first kappa shape index (κ1) is 15.5. The molecule has 1 saturated heterocycles. The molecule has 1 atom stereocenters. The Kier molecular flexibility index (Phi) is 4.76. The molecule has 1 aromatic carbocycles. The van der Waals surface area contributed by atoms with Crippen molar-refractivity contribution in [1.29, 1.82) is 0 Å². The first-order valence-electron chi connectivity index (χ1n) is 8.02. The molecule has 120 valence electrons. The van der Waals surface area contributed by atoms with Crippen molar-refractivity contribution in [2.24, 2.45) is 0 Å². The van der Waals surface area contributed by atoms with E-state index in [2.05, 4.69) is 39.6 Å². The second-order valence-corrected chi connectivity index (χ2v) is 6.16. The molecule has 0 radical (unpaired) electrons. The van der Waals surface area contributed by atoms with Gasteiger partial charge in [-0.1, -0.05) is 12.1 Å². The first-order valence-corrected chi connectivity index (χ1v) is 8.02. The van der Waals surface area contributed by atoms with Gasteiger partial charge >= 0.3 is 0 Å². The number of aliphatic hydroxyl groups excluding tert-OH is 1. The van der Waals surface area contributed by atoms with E-state index in [0.29, 0.717) is 19.2 Å². The number of aromatic nitrogens is 2. The lowest BCUT2D eigenvalue weighted by atomic mass is 10.0. The van der Waals surface area contributed by atoms with E-state index in [-0.39, 0.29) is 0 Å². The number of likely N-dealkylation sites (tertiary alicyclic amines) is 1. The largest absolute Gasteiger partial charge is 0.389 e. The lowest BCUT2D eigenvalue weighted by Gasteiger charge is -2.34. The van der Waals surface area contributed by atoms with Crippen LogP contribution in [0.1, 0.15) is 24.7 Å². The first-order chi connectivity index (χ1) is 10.7. The van der Waals surface area contributed by atoms with Gasteiger partial charge in [-0.15, -0.1) is 0 Å². The molecule has 2 heterocycles. The number of piperidine rings is 1. The van der Waals surface area contributed by atoms with E-state index < -0.39 is 6.10 Å². The van der Waals surface area contributed by atoms with E-state index in [1.54, 1.807) is 7.11 Å². The summed E-state index contributed by atoms with van der Waals surface area (Å²) < 4.78 is 7.39. The second kappa shape index (κ2) is 6.77. The van der Waals surface area contributed by atoms with Gasteiger partial charge in [0.05, 0.1) is 23.7 Å². The van der Waals surface area contributed by atoms with Gasteiger partial charge in [0.1, 0.15) is 5.82 Å². The van der Waals surface area contributed by atoms with E-state index in [4.69, 9.17) is 4.74 Å². The highest BCUT2D eigenvalue weighted by Crippen LogP contribution is 2.28. The summed E-state index contributed by atoms with van der Waals surface area (Å²) in [5, 5.41) is 9.85. The smallest absolute Gasteiger partial charge is 0.106 e. The fourth-order valence-electron chi connectivity index (χ4n) is 3.53. The summed E-state index contributed by atoms with van der Waals surface area (Å²) in [4.78, 5) is 7.00. The molecule has 0 saturated carbocycles. The molecule has 1 N–H and O–H groups in total. The lowest BCUT2D eigenvalue weighted by Crippen LogP contribution is -2.40. The Bertz CT molecular complexity index is 617. The topological polar surface area (TPSA) is 50.5 Å². The number of hydrogen-bond donors (Lipinski definition) is 1. The van der Waals surface area contributed by atoms with Crippen molar-refractivity contribution in [3.8, 4) is 0 Å². The fourth-order valence-corrected chi connectivity index (χ4v) is 3.53. The van der Waals surface area contributed by atoms with Crippen molar-refractivity contribution in [3.63, 3.8) is 0 Å². The van der Waals surface area contributed by atoms with Gasteiger partial charge in [-0.3, -0.25) is 0 Å². The number of aryl methyl sites for hydroxylation is 1. The minimum Gasteiger partial charge on any atom is -0.389 e. The molecule has 1 aliphatic heterocycles. The van der Waals surface area contributed by atoms with E-state index in [9.17, 15) is 5.11 Å². The molecule has 1 fully saturated rings. The molecule has 5 nitrogen and oxygen atoms in total. The van der Waals surface area contributed by atoms with Crippen LogP contribution in [-0.2, 0) is 4.74 Å². The molecule has 0 spiro atoms. The van der Waals surface area contributed by atoms with Crippen molar-refractivity contribution >= 4 is 11.0 Å². The zero-order valence-electron chi connectivity index (χ0n) is 13.4. The van der Waals surface area contributed by atoms with Crippen molar-refractivity contribution in [2.45, 2.75) is 31.9 Å².